The Morgan fingerprint density at radius 1 is 0.931 bits per heavy atom. The summed E-state index contributed by atoms with van der Waals surface area (Å²) in [6.07, 6.45) is 1.12. The van der Waals surface area contributed by atoms with E-state index >= 15 is 0 Å². The van der Waals surface area contributed by atoms with Gasteiger partial charge in [0.1, 0.15) is 5.75 Å². The number of nitrogens with zero attached hydrogens (tertiary/aromatic N) is 3. The van der Waals surface area contributed by atoms with Crippen LogP contribution >= 0.6 is 0 Å². The fourth-order valence-corrected chi connectivity index (χ4v) is 3.94. The smallest absolute Gasteiger partial charge is 0.265 e. The maximum Gasteiger partial charge on any atom is 0.265 e. The maximum atomic E-state index is 12.6. The molecule has 2 heterocycles. The molecule has 0 aromatic heterocycles. The Hall–Kier alpha value is -2.86. The molecule has 4 rings (SSSR count). The van der Waals surface area contributed by atoms with Gasteiger partial charge in [0, 0.05) is 45.7 Å². The van der Waals surface area contributed by atoms with E-state index in [-0.39, 0.29) is 18.4 Å². The first-order valence-electron chi connectivity index (χ1n) is 10.3. The number of hydrogen-bond donors (Lipinski definition) is 0. The standard InChI is InChI=1S/C23H27N3O3/c27-22(25-15-13-24(14-16-25)17-19-7-2-1-3-8-19)11-6-12-26-20-9-4-5-10-21(20)29-18-23(26)28/h1-5,7-10H,6,11-18H2. The van der Waals surface area contributed by atoms with Crippen molar-refractivity contribution in [2.24, 2.45) is 0 Å². The Bertz CT molecular complexity index is 847. The average Bonchev–Trinajstić information content (AvgIpc) is 2.76. The highest BCUT2D eigenvalue weighted by molar-refractivity contribution is 5.97. The molecule has 29 heavy (non-hydrogen) atoms. The molecule has 2 aliphatic rings. The Labute approximate surface area is 171 Å². The molecule has 0 N–H and O–H groups in total. The van der Waals surface area contributed by atoms with Crippen LogP contribution in [-0.4, -0.2) is 60.9 Å². The number of fused-ring (bicyclic) bond motifs is 1. The van der Waals surface area contributed by atoms with Gasteiger partial charge in [0.2, 0.25) is 5.91 Å². The number of rotatable bonds is 6. The van der Waals surface area contributed by atoms with Gasteiger partial charge < -0.3 is 14.5 Å². The summed E-state index contributed by atoms with van der Waals surface area (Å²) in [5.41, 5.74) is 2.11. The molecule has 0 bridgehead atoms. The lowest BCUT2D eigenvalue weighted by atomic mass is 10.1. The van der Waals surface area contributed by atoms with Crippen molar-refractivity contribution in [2.45, 2.75) is 19.4 Å². The van der Waals surface area contributed by atoms with Crippen LogP contribution in [0.3, 0.4) is 0 Å². The van der Waals surface area contributed by atoms with E-state index in [9.17, 15) is 9.59 Å². The van der Waals surface area contributed by atoms with Crippen molar-refractivity contribution < 1.29 is 14.3 Å². The molecule has 0 atom stereocenters. The minimum atomic E-state index is -0.0503. The van der Waals surface area contributed by atoms with Crippen LogP contribution < -0.4 is 9.64 Å². The minimum absolute atomic E-state index is 0.0503. The summed E-state index contributed by atoms with van der Waals surface area (Å²) in [6, 6.07) is 18.0. The minimum Gasteiger partial charge on any atom is -0.482 e. The van der Waals surface area contributed by atoms with E-state index in [0.29, 0.717) is 19.4 Å². The van der Waals surface area contributed by atoms with Crippen molar-refractivity contribution >= 4 is 17.5 Å². The van der Waals surface area contributed by atoms with Crippen molar-refractivity contribution in [3.05, 3.63) is 60.2 Å². The lowest BCUT2D eigenvalue weighted by Crippen LogP contribution is -2.48. The van der Waals surface area contributed by atoms with Gasteiger partial charge in [-0.25, -0.2) is 0 Å². The normalized spacial score (nSPS) is 17.0. The van der Waals surface area contributed by atoms with Crippen LogP contribution in [0.15, 0.2) is 54.6 Å². The number of piperazine rings is 1. The number of ether oxygens (including phenoxy) is 1. The van der Waals surface area contributed by atoms with Gasteiger partial charge in [-0.05, 0) is 24.1 Å². The summed E-state index contributed by atoms with van der Waals surface area (Å²) in [7, 11) is 0. The van der Waals surface area contributed by atoms with Crippen molar-refractivity contribution in [1.82, 2.24) is 9.80 Å². The molecule has 152 valence electrons. The summed E-state index contributed by atoms with van der Waals surface area (Å²) in [5, 5.41) is 0. The van der Waals surface area contributed by atoms with Crippen LogP contribution in [0.25, 0.3) is 0 Å². The van der Waals surface area contributed by atoms with E-state index in [2.05, 4.69) is 29.2 Å². The number of amides is 2. The zero-order chi connectivity index (χ0) is 20.1. The third-order valence-electron chi connectivity index (χ3n) is 5.55. The molecule has 0 spiro atoms. The van der Waals surface area contributed by atoms with Crippen molar-refractivity contribution in [3.8, 4) is 5.75 Å². The molecule has 6 heteroatoms. The molecule has 1 fully saturated rings. The van der Waals surface area contributed by atoms with Gasteiger partial charge >= 0.3 is 0 Å². The van der Waals surface area contributed by atoms with Crippen molar-refractivity contribution in [1.29, 1.82) is 0 Å². The van der Waals surface area contributed by atoms with E-state index in [1.54, 1.807) is 4.90 Å². The highest BCUT2D eigenvalue weighted by Gasteiger charge is 2.26. The zero-order valence-electron chi connectivity index (χ0n) is 16.6. The highest BCUT2D eigenvalue weighted by Crippen LogP contribution is 2.31. The second-order valence-electron chi connectivity index (χ2n) is 7.55. The number of anilines is 1. The van der Waals surface area contributed by atoms with Crippen molar-refractivity contribution in [3.63, 3.8) is 0 Å². The molecule has 0 aliphatic carbocycles. The molecule has 2 amide bonds. The van der Waals surface area contributed by atoms with E-state index < -0.39 is 0 Å². The number of benzene rings is 2. The fourth-order valence-electron chi connectivity index (χ4n) is 3.94. The topological polar surface area (TPSA) is 53.1 Å². The summed E-state index contributed by atoms with van der Waals surface area (Å²) in [4.78, 5) is 30.9. The second kappa shape index (κ2) is 9.09. The maximum absolute atomic E-state index is 12.6. The van der Waals surface area contributed by atoms with Crippen LogP contribution in [0, 0.1) is 0 Å². The third-order valence-corrected chi connectivity index (χ3v) is 5.55. The predicted molar refractivity (Wildman–Crippen MR) is 112 cm³/mol. The van der Waals surface area contributed by atoms with Crippen LogP contribution in [0.5, 0.6) is 5.75 Å². The molecule has 1 saturated heterocycles. The quantitative estimate of drug-likeness (QED) is 0.757. The van der Waals surface area contributed by atoms with E-state index in [1.807, 2.05) is 35.2 Å². The Balaban J connectivity index is 1.22. The second-order valence-corrected chi connectivity index (χ2v) is 7.55. The summed E-state index contributed by atoms with van der Waals surface area (Å²) >= 11 is 0. The molecule has 2 aromatic carbocycles. The molecule has 0 saturated carbocycles. The van der Waals surface area contributed by atoms with Gasteiger partial charge in [-0.1, -0.05) is 42.5 Å². The number of carbonyl (C=O) groups is 2. The molecule has 0 radical (unpaired) electrons. The van der Waals surface area contributed by atoms with Crippen LogP contribution in [0.4, 0.5) is 5.69 Å². The lowest BCUT2D eigenvalue weighted by Gasteiger charge is -2.35. The van der Waals surface area contributed by atoms with Gasteiger partial charge in [0.25, 0.3) is 5.91 Å². The van der Waals surface area contributed by atoms with Gasteiger partial charge in [-0.3, -0.25) is 14.5 Å². The van der Waals surface area contributed by atoms with Crippen molar-refractivity contribution in [2.75, 3.05) is 44.2 Å². The average molecular weight is 393 g/mol. The Kier molecular flexibility index (Phi) is 6.10. The van der Waals surface area contributed by atoms with E-state index in [4.69, 9.17) is 4.74 Å². The first-order chi connectivity index (χ1) is 14.2. The van der Waals surface area contributed by atoms with Crippen LogP contribution in [-0.2, 0) is 16.1 Å². The molecular weight excluding hydrogens is 366 g/mol. The molecule has 6 nitrogen and oxygen atoms in total. The van der Waals surface area contributed by atoms with E-state index in [0.717, 1.165) is 44.2 Å². The van der Waals surface area contributed by atoms with E-state index in [1.165, 1.54) is 5.56 Å². The Morgan fingerprint density at radius 3 is 2.45 bits per heavy atom. The van der Waals surface area contributed by atoms with Crippen LogP contribution in [0.2, 0.25) is 0 Å². The first-order valence-corrected chi connectivity index (χ1v) is 10.3. The summed E-state index contributed by atoms with van der Waals surface area (Å²) in [6.45, 7) is 4.87. The van der Waals surface area contributed by atoms with Gasteiger partial charge in [0.05, 0.1) is 5.69 Å². The molecule has 2 aromatic rings. The largest absolute Gasteiger partial charge is 0.482 e. The molecule has 2 aliphatic heterocycles. The monoisotopic (exact) mass is 393 g/mol. The summed E-state index contributed by atoms with van der Waals surface area (Å²) < 4.78 is 5.47. The van der Waals surface area contributed by atoms with Gasteiger partial charge in [0.15, 0.2) is 6.61 Å². The van der Waals surface area contributed by atoms with Crippen LogP contribution in [0.1, 0.15) is 18.4 Å². The SMILES string of the molecule is O=C(CCCN1C(=O)COc2ccccc21)N1CCN(Cc2ccccc2)CC1. The van der Waals surface area contributed by atoms with Gasteiger partial charge in [-0.2, -0.15) is 0 Å². The van der Waals surface area contributed by atoms with Gasteiger partial charge in [-0.15, -0.1) is 0 Å². The fraction of sp³-hybridized carbons (Fsp3) is 0.391. The molecule has 0 unspecified atom stereocenters. The zero-order valence-corrected chi connectivity index (χ0v) is 16.6. The number of hydrogen-bond acceptors (Lipinski definition) is 4. The highest BCUT2D eigenvalue weighted by atomic mass is 16.5. The Morgan fingerprint density at radius 2 is 1.66 bits per heavy atom. The first kappa shape index (κ1) is 19.5. The number of para-hydroxylation sites is 2. The predicted octanol–water partition coefficient (Wildman–Crippen LogP) is 2.54. The number of carbonyl (C=O) groups excluding carboxylic acids is 2. The summed E-state index contributed by atoms with van der Waals surface area (Å²) in [5.74, 6) is 0.858. The third kappa shape index (κ3) is 4.77. The lowest BCUT2D eigenvalue weighted by molar-refractivity contribution is -0.133. The molecular formula is C23H27N3O3.